The molecule has 18 heavy (non-hydrogen) atoms. The summed E-state index contributed by atoms with van der Waals surface area (Å²) in [7, 11) is 0. The van der Waals surface area contributed by atoms with Crippen LogP contribution in [0.1, 0.15) is 58.3 Å². The van der Waals surface area contributed by atoms with Crippen molar-refractivity contribution < 1.29 is 9.90 Å². The van der Waals surface area contributed by atoms with E-state index in [9.17, 15) is 4.79 Å². The first-order chi connectivity index (χ1) is 8.72. The third-order valence-electron chi connectivity index (χ3n) is 4.74. The van der Waals surface area contributed by atoms with Gasteiger partial charge in [0, 0.05) is 25.1 Å². The average Bonchev–Trinajstić information content (AvgIpc) is 2.40. The van der Waals surface area contributed by atoms with Crippen molar-refractivity contribution >= 4 is 5.91 Å². The first kappa shape index (κ1) is 13.9. The van der Waals surface area contributed by atoms with E-state index in [1.165, 1.54) is 19.3 Å². The van der Waals surface area contributed by atoms with Gasteiger partial charge in [0.05, 0.1) is 0 Å². The van der Waals surface area contributed by atoms with Crippen LogP contribution in [0, 0.1) is 11.8 Å². The van der Waals surface area contributed by atoms with Crippen molar-refractivity contribution in [3.05, 3.63) is 0 Å². The van der Waals surface area contributed by atoms with Crippen molar-refractivity contribution in [3.63, 3.8) is 0 Å². The molecule has 1 saturated heterocycles. The SMILES string of the molecule is CC1CCC(C(=O)N2CCCCC2CCO)CC1. The van der Waals surface area contributed by atoms with Crippen LogP contribution in [0.3, 0.4) is 0 Å². The van der Waals surface area contributed by atoms with Gasteiger partial charge in [0.25, 0.3) is 0 Å². The van der Waals surface area contributed by atoms with Crippen molar-refractivity contribution in [1.82, 2.24) is 4.90 Å². The number of hydrogen-bond donors (Lipinski definition) is 1. The summed E-state index contributed by atoms with van der Waals surface area (Å²) in [6.45, 7) is 3.40. The van der Waals surface area contributed by atoms with Gasteiger partial charge in [0.2, 0.25) is 5.91 Å². The Balaban J connectivity index is 1.93. The van der Waals surface area contributed by atoms with Gasteiger partial charge < -0.3 is 10.0 Å². The summed E-state index contributed by atoms with van der Waals surface area (Å²) in [5, 5.41) is 9.13. The predicted molar refractivity (Wildman–Crippen MR) is 72.2 cm³/mol. The molecule has 0 aromatic carbocycles. The molecule has 1 heterocycles. The molecule has 1 N–H and O–H groups in total. The molecule has 0 bridgehead atoms. The standard InChI is InChI=1S/C15H27NO2/c1-12-5-7-13(8-6-12)15(18)16-10-3-2-4-14(16)9-11-17/h12-14,17H,2-11H2,1H3. The third kappa shape index (κ3) is 3.25. The Morgan fingerprint density at radius 1 is 1.17 bits per heavy atom. The van der Waals surface area contributed by atoms with Crippen LogP contribution >= 0.6 is 0 Å². The number of carbonyl (C=O) groups excluding carboxylic acids is 1. The fourth-order valence-corrected chi connectivity index (χ4v) is 3.48. The first-order valence-corrected chi connectivity index (χ1v) is 7.63. The summed E-state index contributed by atoms with van der Waals surface area (Å²) in [5.41, 5.74) is 0. The number of hydrogen-bond acceptors (Lipinski definition) is 2. The Morgan fingerprint density at radius 3 is 2.56 bits per heavy atom. The molecule has 0 radical (unpaired) electrons. The second kappa shape index (κ2) is 6.55. The second-order valence-electron chi connectivity index (χ2n) is 6.15. The molecule has 3 heteroatoms. The summed E-state index contributed by atoms with van der Waals surface area (Å²) >= 11 is 0. The zero-order valence-corrected chi connectivity index (χ0v) is 11.6. The van der Waals surface area contributed by atoms with E-state index in [2.05, 4.69) is 11.8 Å². The van der Waals surface area contributed by atoms with Crippen LogP contribution in [0.15, 0.2) is 0 Å². The molecule has 1 amide bonds. The number of rotatable bonds is 3. The minimum Gasteiger partial charge on any atom is -0.396 e. The smallest absolute Gasteiger partial charge is 0.225 e. The molecule has 2 fully saturated rings. The monoisotopic (exact) mass is 253 g/mol. The first-order valence-electron chi connectivity index (χ1n) is 7.63. The Kier molecular flexibility index (Phi) is 5.04. The van der Waals surface area contributed by atoms with Crippen LogP contribution in [-0.2, 0) is 4.79 Å². The lowest BCUT2D eigenvalue weighted by Crippen LogP contribution is -2.47. The second-order valence-corrected chi connectivity index (χ2v) is 6.15. The van der Waals surface area contributed by atoms with Crippen molar-refractivity contribution in [2.45, 2.75) is 64.3 Å². The van der Waals surface area contributed by atoms with Crippen LogP contribution in [0.2, 0.25) is 0 Å². The lowest BCUT2D eigenvalue weighted by Gasteiger charge is -2.39. The summed E-state index contributed by atoms with van der Waals surface area (Å²) in [5.74, 6) is 1.43. The Morgan fingerprint density at radius 2 is 1.89 bits per heavy atom. The van der Waals surface area contributed by atoms with Crippen LogP contribution < -0.4 is 0 Å². The van der Waals surface area contributed by atoms with E-state index in [4.69, 9.17) is 5.11 Å². The maximum atomic E-state index is 12.6. The highest BCUT2D eigenvalue weighted by Crippen LogP contribution is 2.31. The maximum Gasteiger partial charge on any atom is 0.225 e. The molecule has 1 atom stereocenters. The van der Waals surface area contributed by atoms with E-state index in [-0.39, 0.29) is 12.5 Å². The van der Waals surface area contributed by atoms with E-state index in [1.807, 2.05) is 0 Å². The summed E-state index contributed by atoms with van der Waals surface area (Å²) in [6, 6.07) is 0.301. The van der Waals surface area contributed by atoms with Crippen LogP contribution in [0.25, 0.3) is 0 Å². The van der Waals surface area contributed by atoms with Crippen molar-refractivity contribution in [2.24, 2.45) is 11.8 Å². The lowest BCUT2D eigenvalue weighted by atomic mass is 9.81. The minimum absolute atomic E-state index is 0.205. The van der Waals surface area contributed by atoms with E-state index < -0.39 is 0 Å². The molecule has 0 aromatic rings. The molecule has 1 aliphatic carbocycles. The van der Waals surface area contributed by atoms with E-state index in [0.717, 1.165) is 44.6 Å². The lowest BCUT2D eigenvalue weighted by molar-refractivity contribution is -0.141. The number of amides is 1. The van der Waals surface area contributed by atoms with Gasteiger partial charge in [-0.05, 0) is 57.3 Å². The Hall–Kier alpha value is -0.570. The normalized spacial score (nSPS) is 33.4. The molecule has 0 aromatic heterocycles. The van der Waals surface area contributed by atoms with Crippen LogP contribution in [-0.4, -0.2) is 35.1 Å². The average molecular weight is 253 g/mol. The Labute approximate surface area is 111 Å². The number of likely N-dealkylation sites (tertiary alicyclic amines) is 1. The van der Waals surface area contributed by atoms with Crippen LogP contribution in [0.4, 0.5) is 0 Å². The third-order valence-corrected chi connectivity index (χ3v) is 4.74. The zero-order chi connectivity index (χ0) is 13.0. The molecule has 1 unspecified atom stereocenters. The van der Waals surface area contributed by atoms with E-state index >= 15 is 0 Å². The molecule has 1 aliphatic heterocycles. The molecule has 104 valence electrons. The van der Waals surface area contributed by atoms with Crippen molar-refractivity contribution in [2.75, 3.05) is 13.2 Å². The number of carbonyl (C=O) groups is 1. The molecule has 2 aliphatic rings. The molecule has 2 rings (SSSR count). The minimum atomic E-state index is 0.205. The van der Waals surface area contributed by atoms with Gasteiger partial charge in [-0.25, -0.2) is 0 Å². The van der Waals surface area contributed by atoms with E-state index in [0.29, 0.717) is 11.9 Å². The summed E-state index contributed by atoms with van der Waals surface area (Å²) in [6.07, 6.45) is 8.73. The fraction of sp³-hybridized carbons (Fsp3) is 0.933. The number of aliphatic hydroxyl groups is 1. The highest BCUT2D eigenvalue weighted by atomic mass is 16.3. The maximum absolute atomic E-state index is 12.6. The number of aliphatic hydroxyl groups excluding tert-OH is 1. The predicted octanol–water partition coefficient (Wildman–Crippen LogP) is 2.58. The molecule has 3 nitrogen and oxygen atoms in total. The fourth-order valence-electron chi connectivity index (χ4n) is 3.48. The van der Waals surface area contributed by atoms with Gasteiger partial charge in [-0.1, -0.05) is 6.92 Å². The largest absolute Gasteiger partial charge is 0.396 e. The molecule has 1 saturated carbocycles. The van der Waals surface area contributed by atoms with Gasteiger partial charge in [-0.3, -0.25) is 4.79 Å². The van der Waals surface area contributed by atoms with Gasteiger partial charge in [0.1, 0.15) is 0 Å². The zero-order valence-electron chi connectivity index (χ0n) is 11.6. The molecular formula is C15H27NO2. The highest BCUT2D eigenvalue weighted by Gasteiger charge is 2.32. The summed E-state index contributed by atoms with van der Waals surface area (Å²) in [4.78, 5) is 14.7. The number of nitrogens with zero attached hydrogens (tertiary/aromatic N) is 1. The topological polar surface area (TPSA) is 40.5 Å². The molecule has 0 spiro atoms. The van der Waals surface area contributed by atoms with Gasteiger partial charge in [0.15, 0.2) is 0 Å². The van der Waals surface area contributed by atoms with Crippen LogP contribution in [0.5, 0.6) is 0 Å². The molecular weight excluding hydrogens is 226 g/mol. The highest BCUT2D eigenvalue weighted by molar-refractivity contribution is 5.79. The van der Waals surface area contributed by atoms with Crippen molar-refractivity contribution in [3.8, 4) is 0 Å². The quantitative estimate of drug-likeness (QED) is 0.840. The van der Waals surface area contributed by atoms with Gasteiger partial charge >= 0.3 is 0 Å². The number of piperidine rings is 1. The van der Waals surface area contributed by atoms with Gasteiger partial charge in [-0.15, -0.1) is 0 Å². The van der Waals surface area contributed by atoms with Crippen molar-refractivity contribution in [1.29, 1.82) is 0 Å². The Bertz CT molecular complexity index is 270. The summed E-state index contributed by atoms with van der Waals surface area (Å²) < 4.78 is 0. The van der Waals surface area contributed by atoms with Gasteiger partial charge in [-0.2, -0.15) is 0 Å². The van der Waals surface area contributed by atoms with E-state index in [1.54, 1.807) is 0 Å².